The minimum Gasteiger partial charge on any atom is -0.481 e. The number of carboxylic acid groups (broad SMARTS) is 1. The summed E-state index contributed by atoms with van der Waals surface area (Å²) in [7, 11) is -1.74. The summed E-state index contributed by atoms with van der Waals surface area (Å²) in [5, 5.41) is 32.0. The van der Waals surface area contributed by atoms with Gasteiger partial charge in [0.1, 0.15) is 0 Å². The fourth-order valence-electron chi connectivity index (χ4n) is 2.43. The van der Waals surface area contributed by atoms with Crippen LogP contribution in [-0.4, -0.2) is 64.7 Å². The van der Waals surface area contributed by atoms with E-state index in [1.54, 1.807) is 5.01 Å². The van der Waals surface area contributed by atoms with E-state index < -0.39 is 24.9 Å². The minimum atomic E-state index is -1.74. The Hall–Kier alpha value is -1.94. The Morgan fingerprint density at radius 2 is 2.04 bits per heavy atom. The standard InChI is InChI=1S/C14H20BN3O5/c19-13(6-10-4-2-1-3-5-10)17-12(15(22)23)9-18-8-11(7-16-18)14(20)21/h1-5,11-12,16,22-23H,6-9H2,(H,17,19)(H,20,21)/t11?,12-/m1/s1. The lowest BCUT2D eigenvalue weighted by atomic mass is 9.79. The molecule has 0 spiro atoms. The minimum absolute atomic E-state index is 0.0992. The highest BCUT2D eigenvalue weighted by Crippen LogP contribution is 2.08. The first kappa shape index (κ1) is 17.4. The lowest BCUT2D eigenvalue weighted by Gasteiger charge is -2.24. The van der Waals surface area contributed by atoms with E-state index in [9.17, 15) is 19.6 Å². The Morgan fingerprint density at radius 1 is 1.35 bits per heavy atom. The SMILES string of the molecule is O=C(Cc1ccccc1)N[C@H](CN1CC(C(=O)O)CN1)B(O)O. The van der Waals surface area contributed by atoms with Crippen LogP contribution in [0.25, 0.3) is 0 Å². The number of nitrogens with zero attached hydrogens (tertiary/aromatic N) is 1. The van der Waals surface area contributed by atoms with E-state index in [1.165, 1.54) is 0 Å². The van der Waals surface area contributed by atoms with Crippen molar-refractivity contribution in [3.63, 3.8) is 0 Å². The molecular weight excluding hydrogens is 301 g/mol. The van der Waals surface area contributed by atoms with E-state index in [4.69, 9.17) is 5.11 Å². The second kappa shape index (κ2) is 8.07. The third kappa shape index (κ3) is 5.33. The Labute approximate surface area is 134 Å². The van der Waals surface area contributed by atoms with Crippen LogP contribution < -0.4 is 10.7 Å². The second-order valence-electron chi connectivity index (χ2n) is 5.55. The van der Waals surface area contributed by atoms with Gasteiger partial charge in [0.15, 0.2) is 0 Å². The number of hydrazine groups is 1. The average Bonchev–Trinajstić information content (AvgIpc) is 2.96. The lowest BCUT2D eigenvalue weighted by Crippen LogP contribution is -2.54. The number of aliphatic carboxylic acids is 1. The number of amides is 1. The topological polar surface area (TPSA) is 122 Å². The van der Waals surface area contributed by atoms with Crippen molar-refractivity contribution in [2.45, 2.75) is 12.4 Å². The molecule has 1 aromatic rings. The van der Waals surface area contributed by atoms with Crippen molar-refractivity contribution in [3.05, 3.63) is 35.9 Å². The smallest absolute Gasteiger partial charge is 0.476 e. The summed E-state index contributed by atoms with van der Waals surface area (Å²) in [6.07, 6.45) is 0.134. The van der Waals surface area contributed by atoms with Gasteiger partial charge in [-0.15, -0.1) is 0 Å². The van der Waals surface area contributed by atoms with E-state index in [2.05, 4.69) is 10.7 Å². The molecule has 0 saturated carbocycles. The first-order valence-corrected chi connectivity index (χ1v) is 7.36. The summed E-state index contributed by atoms with van der Waals surface area (Å²) < 4.78 is 0. The molecule has 1 aromatic carbocycles. The van der Waals surface area contributed by atoms with Gasteiger partial charge in [0.2, 0.25) is 5.91 Å². The quantitative estimate of drug-likeness (QED) is 0.377. The van der Waals surface area contributed by atoms with Crippen LogP contribution in [0, 0.1) is 5.92 Å². The van der Waals surface area contributed by atoms with Crippen molar-refractivity contribution in [1.29, 1.82) is 0 Å². The van der Waals surface area contributed by atoms with Crippen LogP contribution in [0.1, 0.15) is 5.56 Å². The zero-order valence-electron chi connectivity index (χ0n) is 12.6. The van der Waals surface area contributed by atoms with Crippen LogP contribution in [0.4, 0.5) is 0 Å². The number of nitrogens with one attached hydrogen (secondary N) is 2. The van der Waals surface area contributed by atoms with Crippen LogP contribution >= 0.6 is 0 Å². The van der Waals surface area contributed by atoms with Crippen molar-refractivity contribution in [2.75, 3.05) is 19.6 Å². The highest BCUT2D eigenvalue weighted by Gasteiger charge is 2.33. The molecule has 1 unspecified atom stereocenters. The normalized spacial score (nSPS) is 19.3. The average molecular weight is 321 g/mol. The monoisotopic (exact) mass is 321 g/mol. The number of hydrogen-bond acceptors (Lipinski definition) is 6. The van der Waals surface area contributed by atoms with E-state index in [0.29, 0.717) is 0 Å². The number of carboxylic acids is 1. The van der Waals surface area contributed by atoms with E-state index >= 15 is 0 Å². The van der Waals surface area contributed by atoms with E-state index in [-0.39, 0.29) is 32.0 Å². The second-order valence-corrected chi connectivity index (χ2v) is 5.55. The first-order chi connectivity index (χ1) is 11.0. The third-order valence-corrected chi connectivity index (χ3v) is 3.68. The van der Waals surface area contributed by atoms with Gasteiger partial charge in [-0.2, -0.15) is 0 Å². The van der Waals surface area contributed by atoms with E-state index in [0.717, 1.165) is 5.56 Å². The summed E-state index contributed by atoms with van der Waals surface area (Å²) in [4.78, 5) is 22.9. The lowest BCUT2D eigenvalue weighted by molar-refractivity contribution is -0.140. The van der Waals surface area contributed by atoms with Crippen molar-refractivity contribution >= 4 is 19.0 Å². The molecule has 2 atom stereocenters. The highest BCUT2D eigenvalue weighted by molar-refractivity contribution is 6.43. The molecule has 0 aromatic heterocycles. The van der Waals surface area contributed by atoms with Crippen molar-refractivity contribution < 1.29 is 24.7 Å². The third-order valence-electron chi connectivity index (χ3n) is 3.68. The molecule has 0 bridgehead atoms. The number of carbonyl (C=O) groups is 2. The maximum absolute atomic E-state index is 12.0. The van der Waals surface area contributed by atoms with Gasteiger partial charge in [-0.05, 0) is 5.56 Å². The van der Waals surface area contributed by atoms with Gasteiger partial charge in [0.25, 0.3) is 0 Å². The van der Waals surface area contributed by atoms with E-state index in [1.807, 2.05) is 30.3 Å². The molecule has 5 N–H and O–H groups in total. The molecule has 1 aliphatic heterocycles. The van der Waals surface area contributed by atoms with Gasteiger partial charge >= 0.3 is 13.1 Å². The molecule has 8 nitrogen and oxygen atoms in total. The number of benzene rings is 1. The Kier molecular flexibility index (Phi) is 6.11. The largest absolute Gasteiger partial charge is 0.481 e. The van der Waals surface area contributed by atoms with Crippen LogP contribution in [0.3, 0.4) is 0 Å². The summed E-state index contributed by atoms with van der Waals surface area (Å²) in [5.41, 5.74) is 3.70. The Bertz CT molecular complexity index is 542. The maximum Gasteiger partial charge on any atom is 0.476 e. The zero-order chi connectivity index (χ0) is 16.8. The van der Waals surface area contributed by atoms with Crippen molar-refractivity contribution in [1.82, 2.24) is 15.8 Å². The molecule has 124 valence electrons. The Morgan fingerprint density at radius 3 is 2.61 bits per heavy atom. The molecule has 23 heavy (non-hydrogen) atoms. The molecule has 0 aliphatic carbocycles. The molecule has 9 heteroatoms. The zero-order valence-corrected chi connectivity index (χ0v) is 12.6. The van der Waals surface area contributed by atoms with Crippen LogP contribution in [0.2, 0.25) is 0 Å². The van der Waals surface area contributed by atoms with Crippen LogP contribution in [0.15, 0.2) is 30.3 Å². The van der Waals surface area contributed by atoms with Crippen molar-refractivity contribution in [2.24, 2.45) is 5.92 Å². The summed E-state index contributed by atoms with van der Waals surface area (Å²) in [5.74, 6) is -2.70. The van der Waals surface area contributed by atoms with Crippen molar-refractivity contribution in [3.8, 4) is 0 Å². The molecule has 1 heterocycles. The molecule has 1 fully saturated rings. The molecule has 1 saturated heterocycles. The fraction of sp³-hybridized carbons (Fsp3) is 0.429. The van der Waals surface area contributed by atoms with Gasteiger partial charge in [0, 0.05) is 19.6 Å². The number of rotatable bonds is 7. The maximum atomic E-state index is 12.0. The van der Waals surface area contributed by atoms with Gasteiger partial charge < -0.3 is 20.5 Å². The summed E-state index contributed by atoms with van der Waals surface area (Å²) in [6.45, 7) is 0.622. The predicted octanol–water partition coefficient (Wildman–Crippen LogP) is -1.75. The van der Waals surface area contributed by atoms with Crippen LogP contribution in [0.5, 0.6) is 0 Å². The molecule has 2 rings (SSSR count). The Balaban J connectivity index is 1.86. The molecule has 1 aliphatic rings. The molecule has 0 radical (unpaired) electrons. The van der Waals surface area contributed by atoms with Gasteiger partial charge in [0.05, 0.1) is 18.3 Å². The van der Waals surface area contributed by atoms with Gasteiger partial charge in [-0.1, -0.05) is 30.3 Å². The highest BCUT2D eigenvalue weighted by atomic mass is 16.4. The summed E-state index contributed by atoms with van der Waals surface area (Å²) >= 11 is 0. The van der Waals surface area contributed by atoms with Gasteiger partial charge in [-0.25, -0.2) is 5.01 Å². The first-order valence-electron chi connectivity index (χ1n) is 7.36. The van der Waals surface area contributed by atoms with Crippen LogP contribution in [-0.2, 0) is 16.0 Å². The summed E-state index contributed by atoms with van der Waals surface area (Å²) in [6, 6.07) is 9.11. The number of hydrogen-bond donors (Lipinski definition) is 5. The number of carbonyl (C=O) groups excluding carboxylic acids is 1. The predicted molar refractivity (Wildman–Crippen MR) is 83.0 cm³/mol. The van der Waals surface area contributed by atoms with Gasteiger partial charge in [-0.3, -0.25) is 15.0 Å². The molecular formula is C14H20BN3O5. The molecule has 1 amide bonds. The fourth-order valence-corrected chi connectivity index (χ4v) is 2.43.